The van der Waals surface area contributed by atoms with E-state index >= 15 is 0 Å². The highest BCUT2D eigenvalue weighted by Crippen LogP contribution is 2.25. The Bertz CT molecular complexity index is 337. The van der Waals surface area contributed by atoms with Gasteiger partial charge in [0.2, 0.25) is 0 Å². The van der Waals surface area contributed by atoms with Crippen molar-refractivity contribution in [3.8, 4) is 0 Å². The maximum Gasteiger partial charge on any atom is 0.257 e. The molecule has 0 bridgehead atoms. The summed E-state index contributed by atoms with van der Waals surface area (Å²) in [6.07, 6.45) is -1.51. The topological polar surface area (TPSA) is 12.0 Å². The molecular weight excluding hydrogens is 208 g/mol. The first-order valence-corrected chi connectivity index (χ1v) is 5.65. The number of nitrogens with one attached hydrogen (secondary N) is 1. The van der Waals surface area contributed by atoms with Crippen LogP contribution in [0.2, 0.25) is 0 Å². The number of halogens is 2. The molecule has 0 aliphatic carbocycles. The van der Waals surface area contributed by atoms with E-state index in [0.29, 0.717) is 12.1 Å². The second-order valence-electron chi connectivity index (χ2n) is 4.06. The Morgan fingerprint density at radius 1 is 1.25 bits per heavy atom. The van der Waals surface area contributed by atoms with Gasteiger partial charge in [0.1, 0.15) is 0 Å². The lowest BCUT2D eigenvalue weighted by molar-refractivity contribution is 0.0982. The van der Waals surface area contributed by atoms with Gasteiger partial charge in [-0.05, 0) is 43.5 Å². The van der Waals surface area contributed by atoms with Crippen molar-refractivity contribution in [2.45, 2.75) is 39.7 Å². The quantitative estimate of drug-likeness (QED) is 0.810. The third-order valence-corrected chi connectivity index (χ3v) is 2.85. The van der Waals surface area contributed by atoms with Gasteiger partial charge in [0.05, 0.1) is 6.04 Å². The average molecular weight is 227 g/mol. The molecule has 1 N–H and O–H groups in total. The lowest BCUT2D eigenvalue weighted by Crippen LogP contribution is -2.28. The molecule has 0 spiro atoms. The summed E-state index contributed by atoms with van der Waals surface area (Å²) in [5.41, 5.74) is 2.72. The Hall–Kier alpha value is -0.960. The van der Waals surface area contributed by atoms with Crippen LogP contribution in [0.3, 0.4) is 0 Å². The molecule has 0 amide bonds. The highest BCUT2D eigenvalue weighted by molar-refractivity contribution is 5.35. The number of alkyl halides is 2. The van der Waals surface area contributed by atoms with Crippen molar-refractivity contribution in [2.24, 2.45) is 0 Å². The Morgan fingerprint density at radius 3 is 2.50 bits per heavy atom. The van der Waals surface area contributed by atoms with Crippen LogP contribution >= 0.6 is 0 Å². The Kier molecular flexibility index (Phi) is 4.87. The maximum atomic E-state index is 13.0. The van der Waals surface area contributed by atoms with Gasteiger partial charge in [-0.2, -0.15) is 0 Å². The third kappa shape index (κ3) is 3.01. The molecule has 1 atom stereocenters. The number of rotatable bonds is 5. The first kappa shape index (κ1) is 13.1. The summed E-state index contributed by atoms with van der Waals surface area (Å²) in [6, 6.07) is 4.71. The minimum atomic E-state index is -2.37. The SMILES string of the molecule is CCCNC(c1cccc(C)c1C)C(F)F. The molecule has 0 saturated heterocycles. The van der Waals surface area contributed by atoms with Crippen LogP contribution in [0.1, 0.15) is 36.1 Å². The number of benzene rings is 1. The molecule has 0 saturated carbocycles. The third-order valence-electron chi connectivity index (χ3n) is 2.85. The van der Waals surface area contributed by atoms with Crippen molar-refractivity contribution in [3.05, 3.63) is 34.9 Å². The molecule has 16 heavy (non-hydrogen) atoms. The van der Waals surface area contributed by atoms with Crippen molar-refractivity contribution in [1.29, 1.82) is 0 Å². The Balaban J connectivity index is 2.96. The van der Waals surface area contributed by atoms with Gasteiger partial charge in [0, 0.05) is 0 Å². The molecule has 1 aromatic carbocycles. The fourth-order valence-electron chi connectivity index (χ4n) is 1.75. The van der Waals surface area contributed by atoms with E-state index < -0.39 is 12.5 Å². The first-order valence-electron chi connectivity index (χ1n) is 5.65. The molecular formula is C13H19F2N. The second kappa shape index (κ2) is 5.94. The van der Waals surface area contributed by atoms with Crippen LogP contribution in [0, 0.1) is 13.8 Å². The zero-order valence-corrected chi connectivity index (χ0v) is 10.1. The van der Waals surface area contributed by atoms with Crippen molar-refractivity contribution in [3.63, 3.8) is 0 Å². The lowest BCUT2D eigenvalue weighted by atomic mass is 9.97. The van der Waals surface area contributed by atoms with E-state index in [4.69, 9.17) is 0 Å². The van der Waals surface area contributed by atoms with Gasteiger partial charge in [0.15, 0.2) is 0 Å². The van der Waals surface area contributed by atoms with Crippen LogP contribution in [0.4, 0.5) is 8.78 Å². The number of hydrogen-bond acceptors (Lipinski definition) is 1. The van der Waals surface area contributed by atoms with E-state index in [-0.39, 0.29) is 0 Å². The highest BCUT2D eigenvalue weighted by atomic mass is 19.3. The van der Waals surface area contributed by atoms with Gasteiger partial charge in [0.25, 0.3) is 6.43 Å². The van der Waals surface area contributed by atoms with Crippen LogP contribution in [0.25, 0.3) is 0 Å². The monoisotopic (exact) mass is 227 g/mol. The van der Waals surface area contributed by atoms with Crippen molar-refractivity contribution < 1.29 is 8.78 Å². The molecule has 1 aromatic rings. The average Bonchev–Trinajstić information content (AvgIpc) is 2.24. The van der Waals surface area contributed by atoms with Crippen LogP contribution in [0.5, 0.6) is 0 Å². The summed E-state index contributed by atoms with van der Waals surface area (Å²) in [6.45, 7) is 6.43. The molecule has 90 valence electrons. The summed E-state index contributed by atoms with van der Waals surface area (Å²) >= 11 is 0. The summed E-state index contributed by atoms with van der Waals surface area (Å²) in [5.74, 6) is 0. The molecule has 0 aromatic heterocycles. The molecule has 3 heteroatoms. The van der Waals surface area contributed by atoms with Gasteiger partial charge < -0.3 is 5.32 Å². The fraction of sp³-hybridized carbons (Fsp3) is 0.538. The van der Waals surface area contributed by atoms with Crippen molar-refractivity contribution >= 4 is 0 Å². The summed E-state index contributed by atoms with van der Waals surface area (Å²) < 4.78 is 25.9. The van der Waals surface area contributed by atoms with Gasteiger partial charge in [-0.3, -0.25) is 0 Å². The Labute approximate surface area is 95.9 Å². The first-order chi connectivity index (χ1) is 7.57. The summed E-state index contributed by atoms with van der Waals surface area (Å²) in [5, 5.41) is 2.90. The van der Waals surface area contributed by atoms with E-state index in [1.54, 1.807) is 6.07 Å². The molecule has 1 rings (SSSR count). The minimum Gasteiger partial charge on any atom is -0.305 e. The van der Waals surface area contributed by atoms with E-state index in [9.17, 15) is 8.78 Å². The fourth-order valence-corrected chi connectivity index (χ4v) is 1.75. The molecule has 0 aliphatic heterocycles. The maximum absolute atomic E-state index is 13.0. The van der Waals surface area contributed by atoms with E-state index in [1.807, 2.05) is 32.9 Å². The van der Waals surface area contributed by atoms with E-state index in [0.717, 1.165) is 17.5 Å². The molecule has 1 nitrogen and oxygen atoms in total. The number of aryl methyl sites for hydroxylation is 1. The molecule has 1 unspecified atom stereocenters. The molecule has 0 fully saturated rings. The van der Waals surface area contributed by atoms with Crippen LogP contribution in [-0.2, 0) is 0 Å². The smallest absolute Gasteiger partial charge is 0.257 e. The van der Waals surface area contributed by atoms with Crippen LogP contribution < -0.4 is 5.32 Å². The molecule has 0 aliphatic rings. The van der Waals surface area contributed by atoms with Crippen molar-refractivity contribution in [2.75, 3.05) is 6.54 Å². The standard InChI is InChI=1S/C13H19F2N/c1-4-8-16-12(13(14)15)11-7-5-6-9(2)10(11)3/h5-7,12-13,16H,4,8H2,1-3H3. The Morgan fingerprint density at radius 2 is 1.94 bits per heavy atom. The summed E-state index contributed by atoms with van der Waals surface area (Å²) in [7, 11) is 0. The largest absolute Gasteiger partial charge is 0.305 e. The molecule has 0 heterocycles. The predicted octanol–water partition coefficient (Wildman–Crippen LogP) is 3.61. The van der Waals surface area contributed by atoms with Crippen LogP contribution in [0.15, 0.2) is 18.2 Å². The van der Waals surface area contributed by atoms with Crippen LogP contribution in [-0.4, -0.2) is 13.0 Å². The van der Waals surface area contributed by atoms with Gasteiger partial charge in [-0.1, -0.05) is 25.1 Å². The lowest BCUT2D eigenvalue weighted by Gasteiger charge is -2.20. The van der Waals surface area contributed by atoms with E-state index in [1.165, 1.54) is 0 Å². The summed E-state index contributed by atoms with van der Waals surface area (Å²) in [4.78, 5) is 0. The zero-order chi connectivity index (χ0) is 12.1. The predicted molar refractivity (Wildman–Crippen MR) is 63.0 cm³/mol. The minimum absolute atomic E-state index is 0.613. The molecule has 0 radical (unpaired) electrons. The highest BCUT2D eigenvalue weighted by Gasteiger charge is 2.23. The zero-order valence-electron chi connectivity index (χ0n) is 10.1. The van der Waals surface area contributed by atoms with Crippen molar-refractivity contribution in [1.82, 2.24) is 5.32 Å². The van der Waals surface area contributed by atoms with Gasteiger partial charge in [-0.25, -0.2) is 8.78 Å². The van der Waals surface area contributed by atoms with Gasteiger partial charge in [-0.15, -0.1) is 0 Å². The normalized spacial score (nSPS) is 13.1. The van der Waals surface area contributed by atoms with E-state index in [2.05, 4.69) is 5.32 Å². The van der Waals surface area contributed by atoms with Gasteiger partial charge >= 0.3 is 0 Å². The number of hydrogen-bond donors (Lipinski definition) is 1. The second-order valence-corrected chi connectivity index (χ2v) is 4.06.